The molecule has 0 unspecified atom stereocenters. The number of carbonyl (C=O) groups excluding carboxylic acids is 1. The number of nitrogens with one attached hydrogen (secondary N) is 2. The summed E-state index contributed by atoms with van der Waals surface area (Å²) in [6, 6.07) is 5.46. The van der Waals surface area contributed by atoms with Gasteiger partial charge >= 0.3 is 0 Å². The molecule has 0 aromatic carbocycles. The van der Waals surface area contributed by atoms with Gasteiger partial charge in [0.1, 0.15) is 11.8 Å². The summed E-state index contributed by atoms with van der Waals surface area (Å²) in [6.07, 6.45) is 4.70. The summed E-state index contributed by atoms with van der Waals surface area (Å²) in [5, 5.41) is 2.93. The van der Waals surface area contributed by atoms with E-state index in [-0.39, 0.29) is 18.5 Å². The Balaban J connectivity index is 1.67. The number of anilines is 1. The predicted octanol–water partition coefficient (Wildman–Crippen LogP) is 1.06. The first-order valence-corrected chi connectivity index (χ1v) is 7.20. The lowest BCUT2D eigenvalue weighted by Gasteiger charge is -2.19. The molecule has 1 atom stereocenters. The van der Waals surface area contributed by atoms with E-state index < -0.39 is 0 Å². The van der Waals surface area contributed by atoms with Crippen LogP contribution in [0.2, 0.25) is 0 Å². The second kappa shape index (κ2) is 6.39. The smallest absolute Gasteiger partial charge is 0.240 e. The molecule has 0 saturated carbocycles. The maximum Gasteiger partial charge on any atom is 0.240 e. The van der Waals surface area contributed by atoms with Crippen LogP contribution in [0.25, 0.3) is 11.2 Å². The number of nitrogens with zero attached hydrogens (tertiary/aromatic N) is 5. The molecule has 3 aromatic rings. The van der Waals surface area contributed by atoms with Crippen molar-refractivity contribution in [3.05, 3.63) is 42.7 Å². The Morgan fingerprint density at radius 1 is 1.30 bits per heavy atom. The Labute approximate surface area is 133 Å². The number of amides is 1. The van der Waals surface area contributed by atoms with Gasteiger partial charge in [0.05, 0.1) is 24.6 Å². The van der Waals surface area contributed by atoms with Gasteiger partial charge in [-0.25, -0.2) is 15.0 Å². The minimum atomic E-state index is -0.158. The zero-order chi connectivity index (χ0) is 16.2. The highest BCUT2D eigenvalue weighted by Crippen LogP contribution is 2.18. The van der Waals surface area contributed by atoms with E-state index in [4.69, 9.17) is 0 Å². The van der Waals surface area contributed by atoms with E-state index >= 15 is 0 Å². The number of aromatic nitrogens is 5. The number of likely N-dealkylation sites (N-methyl/N-ethyl adjacent to an activating group) is 1. The lowest BCUT2D eigenvalue weighted by molar-refractivity contribution is -0.120. The third-order valence-electron chi connectivity index (χ3n) is 3.45. The number of H-pyrrole nitrogens is 1. The molecule has 118 valence electrons. The molecule has 8 heteroatoms. The molecule has 0 radical (unpaired) electrons. The van der Waals surface area contributed by atoms with E-state index in [0.717, 1.165) is 5.69 Å². The van der Waals surface area contributed by atoms with Gasteiger partial charge in [0.15, 0.2) is 11.5 Å². The second-order valence-corrected chi connectivity index (χ2v) is 5.20. The summed E-state index contributed by atoms with van der Waals surface area (Å²) in [7, 11) is 1.80. The maximum absolute atomic E-state index is 12.2. The van der Waals surface area contributed by atoms with Gasteiger partial charge in [-0.2, -0.15) is 0 Å². The molecule has 0 aliphatic carbocycles. The van der Waals surface area contributed by atoms with E-state index in [0.29, 0.717) is 17.0 Å². The molecule has 8 nitrogen and oxygen atoms in total. The molecule has 3 aromatic heterocycles. The number of aromatic amines is 1. The number of rotatable bonds is 5. The van der Waals surface area contributed by atoms with Crippen molar-refractivity contribution in [2.45, 2.75) is 13.0 Å². The minimum Gasteiger partial charge on any atom is -0.348 e. The maximum atomic E-state index is 12.2. The van der Waals surface area contributed by atoms with Gasteiger partial charge in [-0.1, -0.05) is 6.07 Å². The number of imidazole rings is 1. The molecule has 1 amide bonds. The minimum absolute atomic E-state index is 0.114. The van der Waals surface area contributed by atoms with E-state index in [1.807, 2.05) is 25.1 Å². The number of carbonyl (C=O) groups is 1. The first-order valence-electron chi connectivity index (χ1n) is 7.20. The van der Waals surface area contributed by atoms with Gasteiger partial charge in [-0.15, -0.1) is 0 Å². The Morgan fingerprint density at radius 2 is 2.17 bits per heavy atom. The predicted molar refractivity (Wildman–Crippen MR) is 85.7 cm³/mol. The van der Waals surface area contributed by atoms with Gasteiger partial charge in [-0.3, -0.25) is 9.78 Å². The van der Waals surface area contributed by atoms with Gasteiger partial charge in [0.2, 0.25) is 5.91 Å². The van der Waals surface area contributed by atoms with Gasteiger partial charge in [0, 0.05) is 13.2 Å². The summed E-state index contributed by atoms with van der Waals surface area (Å²) in [5.41, 5.74) is 2.10. The van der Waals surface area contributed by atoms with Crippen molar-refractivity contribution in [2.75, 3.05) is 18.5 Å². The van der Waals surface area contributed by atoms with E-state index in [2.05, 4.69) is 30.2 Å². The molecule has 0 saturated heterocycles. The zero-order valence-electron chi connectivity index (χ0n) is 12.9. The number of hydrogen-bond donors (Lipinski definition) is 2. The summed E-state index contributed by atoms with van der Waals surface area (Å²) < 4.78 is 0. The van der Waals surface area contributed by atoms with Gasteiger partial charge in [-0.05, 0) is 19.1 Å². The van der Waals surface area contributed by atoms with Crippen LogP contribution in [-0.2, 0) is 4.79 Å². The summed E-state index contributed by atoms with van der Waals surface area (Å²) in [6.45, 7) is 2.07. The first-order chi connectivity index (χ1) is 11.1. The average molecular weight is 311 g/mol. The largest absolute Gasteiger partial charge is 0.348 e. The molecule has 0 fully saturated rings. The Morgan fingerprint density at radius 3 is 2.96 bits per heavy atom. The Hall–Kier alpha value is -3.03. The van der Waals surface area contributed by atoms with Crippen LogP contribution in [0.4, 0.5) is 5.82 Å². The van der Waals surface area contributed by atoms with Gasteiger partial charge < -0.3 is 15.2 Å². The van der Waals surface area contributed by atoms with Crippen molar-refractivity contribution in [1.29, 1.82) is 0 Å². The molecule has 0 spiro atoms. The molecule has 0 aliphatic rings. The number of pyridine rings is 1. The van der Waals surface area contributed by atoms with Crippen LogP contribution in [0.5, 0.6) is 0 Å². The topological polar surface area (TPSA) is 99.7 Å². The van der Waals surface area contributed by atoms with Crippen LogP contribution in [-0.4, -0.2) is 44.4 Å². The van der Waals surface area contributed by atoms with Crippen LogP contribution in [0.15, 0.2) is 37.1 Å². The van der Waals surface area contributed by atoms with Crippen LogP contribution < -0.4 is 10.2 Å². The molecule has 3 heterocycles. The summed E-state index contributed by atoms with van der Waals surface area (Å²) in [5.74, 6) is 0.519. The van der Waals surface area contributed by atoms with Crippen molar-refractivity contribution < 1.29 is 4.79 Å². The highest BCUT2D eigenvalue weighted by atomic mass is 16.2. The molecule has 3 rings (SSSR count). The number of hydrogen-bond acceptors (Lipinski definition) is 6. The first kappa shape index (κ1) is 14.9. The SMILES string of the molecule is C[C@@H](NC(=O)CN(C)c1ncnc2nc[nH]c12)c1ccccn1. The third-order valence-corrected chi connectivity index (χ3v) is 3.45. The standard InChI is InChI=1S/C15H17N7O/c1-10(11-5-3-4-6-16-11)21-12(23)7-22(2)15-13-14(18-8-17-13)19-9-20-15/h3-6,8-10H,7H2,1-2H3,(H,21,23)(H,17,18,19,20)/t10-/m1/s1. The second-order valence-electron chi connectivity index (χ2n) is 5.20. The monoisotopic (exact) mass is 311 g/mol. The van der Waals surface area contributed by atoms with Crippen molar-refractivity contribution >= 4 is 22.9 Å². The molecule has 0 aliphatic heterocycles. The highest BCUT2D eigenvalue weighted by Gasteiger charge is 2.15. The fourth-order valence-corrected chi connectivity index (χ4v) is 2.33. The fourth-order valence-electron chi connectivity index (χ4n) is 2.33. The normalized spacial score (nSPS) is 12.1. The summed E-state index contributed by atoms with van der Waals surface area (Å²) >= 11 is 0. The highest BCUT2D eigenvalue weighted by molar-refractivity contribution is 5.87. The van der Waals surface area contributed by atoms with E-state index in [1.54, 1.807) is 24.5 Å². The molecular weight excluding hydrogens is 294 g/mol. The van der Waals surface area contributed by atoms with Crippen molar-refractivity contribution in [1.82, 2.24) is 30.2 Å². The van der Waals surface area contributed by atoms with Crippen LogP contribution in [0, 0.1) is 0 Å². The zero-order valence-corrected chi connectivity index (χ0v) is 12.9. The quantitative estimate of drug-likeness (QED) is 0.731. The van der Waals surface area contributed by atoms with Crippen molar-refractivity contribution in [2.24, 2.45) is 0 Å². The van der Waals surface area contributed by atoms with E-state index in [9.17, 15) is 4.79 Å². The van der Waals surface area contributed by atoms with E-state index in [1.165, 1.54) is 6.33 Å². The molecular formula is C15H17N7O. The van der Waals surface area contributed by atoms with Crippen molar-refractivity contribution in [3.63, 3.8) is 0 Å². The Kier molecular flexibility index (Phi) is 4.13. The van der Waals surface area contributed by atoms with Crippen molar-refractivity contribution in [3.8, 4) is 0 Å². The van der Waals surface area contributed by atoms with Crippen LogP contribution >= 0.6 is 0 Å². The Bertz CT molecular complexity index is 802. The van der Waals surface area contributed by atoms with Gasteiger partial charge in [0.25, 0.3) is 0 Å². The molecule has 2 N–H and O–H groups in total. The lowest BCUT2D eigenvalue weighted by Crippen LogP contribution is -2.37. The van der Waals surface area contributed by atoms with Crippen LogP contribution in [0.3, 0.4) is 0 Å². The molecule has 0 bridgehead atoms. The third kappa shape index (κ3) is 3.25. The number of fused-ring (bicyclic) bond motifs is 1. The molecule has 23 heavy (non-hydrogen) atoms. The average Bonchev–Trinajstić information content (AvgIpc) is 3.03. The lowest BCUT2D eigenvalue weighted by atomic mass is 10.2. The fraction of sp³-hybridized carbons (Fsp3) is 0.267. The summed E-state index contributed by atoms with van der Waals surface area (Å²) in [4.78, 5) is 33.6. The van der Waals surface area contributed by atoms with Crippen LogP contribution in [0.1, 0.15) is 18.7 Å².